The van der Waals surface area contributed by atoms with Gasteiger partial charge in [0.05, 0.1) is 11.3 Å². The van der Waals surface area contributed by atoms with E-state index >= 15 is 0 Å². The second kappa shape index (κ2) is 7.79. The second-order valence-electron chi connectivity index (χ2n) is 5.57. The van der Waals surface area contributed by atoms with Gasteiger partial charge in [-0.05, 0) is 30.3 Å². The smallest absolute Gasteiger partial charge is 0.340 e. The first-order valence-electron chi connectivity index (χ1n) is 8.17. The first-order valence-corrected chi connectivity index (χ1v) is 9.05. The van der Waals surface area contributed by atoms with Gasteiger partial charge in [-0.3, -0.25) is 0 Å². The van der Waals surface area contributed by atoms with Crippen molar-refractivity contribution in [1.29, 1.82) is 0 Å². The molecule has 27 heavy (non-hydrogen) atoms. The van der Waals surface area contributed by atoms with Crippen molar-refractivity contribution in [2.75, 3.05) is 5.32 Å². The average Bonchev–Trinajstić information content (AvgIpc) is 3.39. The van der Waals surface area contributed by atoms with Crippen LogP contribution in [0.3, 0.4) is 0 Å². The lowest BCUT2D eigenvalue weighted by Gasteiger charge is -2.04. The van der Waals surface area contributed by atoms with Gasteiger partial charge in [0.2, 0.25) is 0 Å². The number of anilines is 2. The zero-order valence-corrected chi connectivity index (χ0v) is 15.0. The van der Waals surface area contributed by atoms with Crippen LogP contribution < -0.4 is 5.32 Å². The number of carbonyl (C=O) groups excluding carboxylic acids is 1. The Morgan fingerprint density at radius 3 is 2.78 bits per heavy atom. The lowest BCUT2D eigenvalue weighted by atomic mass is 10.3. The number of pyridine rings is 1. The average molecular weight is 377 g/mol. The SMILES string of the molecule is O=C(OCc1csc(Nc2ccccc2)n1)c1ccc(-n2cccn2)nc1. The van der Waals surface area contributed by atoms with Crippen molar-refractivity contribution in [3.63, 3.8) is 0 Å². The van der Waals surface area contributed by atoms with Gasteiger partial charge in [-0.1, -0.05) is 18.2 Å². The maximum absolute atomic E-state index is 12.2. The standard InChI is InChI=1S/C19H15N5O2S/c25-18(14-7-8-17(20-11-14)24-10-4-9-21-24)26-12-16-13-27-19(23-16)22-15-5-2-1-3-6-15/h1-11,13H,12H2,(H,22,23). The summed E-state index contributed by atoms with van der Waals surface area (Å²) in [5.41, 5.74) is 2.02. The summed E-state index contributed by atoms with van der Waals surface area (Å²) in [7, 11) is 0. The van der Waals surface area contributed by atoms with E-state index in [0.717, 1.165) is 10.8 Å². The number of ether oxygens (including phenoxy) is 1. The molecule has 134 valence electrons. The van der Waals surface area contributed by atoms with Gasteiger partial charge in [-0.15, -0.1) is 11.3 Å². The summed E-state index contributed by atoms with van der Waals surface area (Å²) in [6, 6.07) is 15.0. The van der Waals surface area contributed by atoms with E-state index in [1.165, 1.54) is 17.5 Å². The number of hydrogen-bond acceptors (Lipinski definition) is 7. The molecule has 0 aliphatic heterocycles. The topological polar surface area (TPSA) is 81.9 Å². The highest BCUT2D eigenvalue weighted by atomic mass is 32.1. The summed E-state index contributed by atoms with van der Waals surface area (Å²) in [4.78, 5) is 20.8. The summed E-state index contributed by atoms with van der Waals surface area (Å²) in [5.74, 6) is 0.188. The molecule has 4 rings (SSSR count). The minimum atomic E-state index is -0.444. The lowest BCUT2D eigenvalue weighted by molar-refractivity contribution is 0.0468. The van der Waals surface area contributed by atoms with E-state index in [1.54, 1.807) is 35.3 Å². The van der Waals surface area contributed by atoms with Gasteiger partial charge in [0, 0.05) is 29.7 Å². The Hall–Kier alpha value is -3.52. The Morgan fingerprint density at radius 2 is 2.04 bits per heavy atom. The molecule has 0 saturated heterocycles. The van der Waals surface area contributed by atoms with Gasteiger partial charge in [0.15, 0.2) is 10.9 Å². The number of carbonyl (C=O) groups is 1. The lowest BCUT2D eigenvalue weighted by Crippen LogP contribution is -2.07. The fourth-order valence-electron chi connectivity index (χ4n) is 2.35. The molecule has 8 heteroatoms. The molecule has 0 fully saturated rings. The zero-order chi connectivity index (χ0) is 18.5. The highest BCUT2D eigenvalue weighted by molar-refractivity contribution is 7.13. The number of rotatable bonds is 6. The van der Waals surface area contributed by atoms with Crippen molar-refractivity contribution in [3.8, 4) is 5.82 Å². The van der Waals surface area contributed by atoms with Crippen LogP contribution in [0.5, 0.6) is 0 Å². The Kier molecular flexibility index (Phi) is 4.88. The van der Waals surface area contributed by atoms with Gasteiger partial charge in [0.1, 0.15) is 6.61 Å². The maximum Gasteiger partial charge on any atom is 0.340 e. The Labute approximate surface area is 159 Å². The number of nitrogens with zero attached hydrogens (tertiary/aromatic N) is 4. The summed E-state index contributed by atoms with van der Waals surface area (Å²) in [6.07, 6.45) is 4.92. The van der Waals surface area contributed by atoms with E-state index in [0.29, 0.717) is 17.1 Å². The van der Waals surface area contributed by atoms with Crippen molar-refractivity contribution in [2.45, 2.75) is 6.61 Å². The molecule has 3 aromatic heterocycles. The molecule has 0 atom stereocenters. The number of para-hydroxylation sites is 1. The number of thiazole rings is 1. The second-order valence-corrected chi connectivity index (χ2v) is 6.42. The van der Waals surface area contributed by atoms with E-state index < -0.39 is 5.97 Å². The maximum atomic E-state index is 12.2. The molecular weight excluding hydrogens is 362 g/mol. The predicted molar refractivity (Wildman–Crippen MR) is 102 cm³/mol. The molecule has 7 nitrogen and oxygen atoms in total. The molecular formula is C19H15N5O2S. The first kappa shape index (κ1) is 16.9. The Balaban J connectivity index is 1.34. The molecule has 0 unspecified atom stereocenters. The highest BCUT2D eigenvalue weighted by Crippen LogP contribution is 2.21. The summed E-state index contributed by atoms with van der Waals surface area (Å²) >= 11 is 1.46. The molecule has 0 amide bonds. The van der Waals surface area contributed by atoms with Gasteiger partial charge < -0.3 is 10.1 Å². The van der Waals surface area contributed by atoms with Crippen molar-refractivity contribution in [3.05, 3.63) is 83.8 Å². The normalized spacial score (nSPS) is 10.5. The number of esters is 1. The quantitative estimate of drug-likeness (QED) is 0.514. The van der Waals surface area contributed by atoms with E-state index in [1.807, 2.05) is 35.7 Å². The van der Waals surface area contributed by atoms with Crippen LogP contribution in [-0.4, -0.2) is 25.7 Å². The first-order chi connectivity index (χ1) is 13.3. The minimum absolute atomic E-state index is 0.104. The monoisotopic (exact) mass is 377 g/mol. The van der Waals surface area contributed by atoms with Crippen LogP contribution in [-0.2, 0) is 11.3 Å². The number of hydrogen-bond donors (Lipinski definition) is 1. The third-order valence-electron chi connectivity index (χ3n) is 3.65. The van der Waals surface area contributed by atoms with E-state index in [9.17, 15) is 4.79 Å². The molecule has 0 saturated carbocycles. The third-order valence-corrected chi connectivity index (χ3v) is 4.46. The number of nitrogens with one attached hydrogen (secondary N) is 1. The fourth-order valence-corrected chi connectivity index (χ4v) is 3.06. The molecule has 1 aromatic carbocycles. The van der Waals surface area contributed by atoms with Crippen LogP contribution >= 0.6 is 11.3 Å². The molecule has 1 N–H and O–H groups in total. The zero-order valence-electron chi connectivity index (χ0n) is 14.1. The van der Waals surface area contributed by atoms with Crippen molar-refractivity contribution in [2.24, 2.45) is 0 Å². The number of benzene rings is 1. The van der Waals surface area contributed by atoms with Crippen LogP contribution in [0.25, 0.3) is 5.82 Å². The van der Waals surface area contributed by atoms with Crippen LogP contribution in [0.2, 0.25) is 0 Å². The van der Waals surface area contributed by atoms with Gasteiger partial charge in [0.25, 0.3) is 0 Å². The summed E-state index contributed by atoms with van der Waals surface area (Å²) in [6.45, 7) is 0.104. The van der Waals surface area contributed by atoms with E-state index in [4.69, 9.17) is 4.74 Å². The Morgan fingerprint density at radius 1 is 1.15 bits per heavy atom. The Bertz CT molecular complexity index is 1010. The van der Waals surface area contributed by atoms with Crippen LogP contribution in [0.1, 0.15) is 16.1 Å². The van der Waals surface area contributed by atoms with Gasteiger partial charge >= 0.3 is 5.97 Å². The van der Waals surface area contributed by atoms with Crippen molar-refractivity contribution < 1.29 is 9.53 Å². The van der Waals surface area contributed by atoms with Gasteiger partial charge in [-0.2, -0.15) is 5.10 Å². The molecule has 3 heterocycles. The summed E-state index contributed by atoms with van der Waals surface area (Å²) in [5, 5.41) is 9.91. The molecule has 0 spiro atoms. The number of aromatic nitrogens is 4. The van der Waals surface area contributed by atoms with E-state index in [2.05, 4.69) is 20.4 Å². The van der Waals surface area contributed by atoms with Crippen LogP contribution in [0.15, 0.2) is 72.5 Å². The largest absolute Gasteiger partial charge is 0.456 e. The predicted octanol–water partition coefficient (Wildman–Crippen LogP) is 3.82. The van der Waals surface area contributed by atoms with E-state index in [-0.39, 0.29) is 6.61 Å². The van der Waals surface area contributed by atoms with Crippen molar-refractivity contribution in [1.82, 2.24) is 19.7 Å². The molecule has 0 radical (unpaired) electrons. The minimum Gasteiger partial charge on any atom is -0.456 e. The van der Waals surface area contributed by atoms with Crippen molar-refractivity contribution >= 4 is 28.1 Å². The summed E-state index contributed by atoms with van der Waals surface area (Å²) < 4.78 is 6.94. The highest BCUT2D eigenvalue weighted by Gasteiger charge is 2.10. The molecule has 0 bridgehead atoms. The van der Waals surface area contributed by atoms with Crippen LogP contribution in [0.4, 0.5) is 10.8 Å². The molecule has 0 aliphatic carbocycles. The fraction of sp³-hybridized carbons (Fsp3) is 0.0526. The van der Waals surface area contributed by atoms with Crippen LogP contribution in [0, 0.1) is 0 Å². The van der Waals surface area contributed by atoms with Gasteiger partial charge in [-0.25, -0.2) is 19.4 Å². The molecule has 4 aromatic rings. The third kappa shape index (κ3) is 4.18. The molecule has 0 aliphatic rings.